The van der Waals surface area contributed by atoms with Crippen molar-refractivity contribution in [1.29, 1.82) is 0 Å². The molecule has 0 radical (unpaired) electrons. The van der Waals surface area contributed by atoms with Gasteiger partial charge in [-0.25, -0.2) is 9.78 Å². The van der Waals surface area contributed by atoms with Crippen LogP contribution in [0, 0.1) is 0 Å². The maximum Gasteiger partial charge on any atom is 0.327 e. The number of carbonyl (C=O) groups is 1. The summed E-state index contributed by atoms with van der Waals surface area (Å²) in [7, 11) is 0. The molecule has 3 heterocycles. The van der Waals surface area contributed by atoms with Gasteiger partial charge in [0.15, 0.2) is 0 Å². The quantitative estimate of drug-likeness (QED) is 0.481. The fourth-order valence-electron chi connectivity index (χ4n) is 2.86. The fourth-order valence-corrected chi connectivity index (χ4v) is 2.86. The van der Waals surface area contributed by atoms with E-state index in [0.717, 1.165) is 5.56 Å². The van der Waals surface area contributed by atoms with E-state index in [0.29, 0.717) is 12.2 Å². The maximum atomic E-state index is 12.5. The van der Waals surface area contributed by atoms with Crippen molar-refractivity contribution in [3.63, 3.8) is 0 Å². The summed E-state index contributed by atoms with van der Waals surface area (Å²) in [4.78, 5) is 55.9. The van der Waals surface area contributed by atoms with Crippen LogP contribution >= 0.6 is 0 Å². The first-order chi connectivity index (χ1) is 14.0. The Kier molecular flexibility index (Phi) is 4.62. The Morgan fingerprint density at radius 3 is 2.59 bits per heavy atom. The molecule has 9 nitrogen and oxygen atoms in total. The molecular weight excluding hydrogens is 374 g/mol. The number of aromatic amines is 2. The molecule has 0 fully saturated rings. The third kappa shape index (κ3) is 3.88. The van der Waals surface area contributed by atoms with Crippen LogP contribution in [0.15, 0.2) is 75.3 Å². The summed E-state index contributed by atoms with van der Waals surface area (Å²) in [6.45, 7) is 0.420. The average Bonchev–Trinajstić information content (AvgIpc) is 2.71. The summed E-state index contributed by atoms with van der Waals surface area (Å²) in [5.41, 5.74) is 0.362. The van der Waals surface area contributed by atoms with Gasteiger partial charge < -0.3 is 9.88 Å². The van der Waals surface area contributed by atoms with Crippen LogP contribution in [0.3, 0.4) is 0 Å². The first-order valence-electron chi connectivity index (χ1n) is 8.68. The van der Waals surface area contributed by atoms with Crippen molar-refractivity contribution in [3.8, 4) is 0 Å². The van der Waals surface area contributed by atoms with Gasteiger partial charge in [0.1, 0.15) is 5.65 Å². The largest absolute Gasteiger partial charge is 0.327 e. The summed E-state index contributed by atoms with van der Waals surface area (Å²) in [5, 5.41) is 2.84. The van der Waals surface area contributed by atoms with E-state index in [2.05, 4.69) is 20.3 Å². The number of aromatic nitrogens is 4. The maximum absolute atomic E-state index is 12.5. The topological polar surface area (TPSA) is 130 Å². The van der Waals surface area contributed by atoms with Crippen LogP contribution in [0.25, 0.3) is 11.0 Å². The molecule has 9 heteroatoms. The zero-order valence-electron chi connectivity index (χ0n) is 15.0. The minimum absolute atomic E-state index is 0.0926. The van der Waals surface area contributed by atoms with Gasteiger partial charge in [0.25, 0.3) is 17.0 Å². The second-order valence-electron chi connectivity index (χ2n) is 6.35. The van der Waals surface area contributed by atoms with Crippen molar-refractivity contribution < 1.29 is 4.79 Å². The number of fused-ring (bicyclic) bond motifs is 1. The van der Waals surface area contributed by atoms with E-state index in [-0.39, 0.29) is 22.2 Å². The number of hydrogen-bond acceptors (Lipinski definition) is 5. The number of benzene rings is 1. The summed E-state index contributed by atoms with van der Waals surface area (Å²) < 4.78 is 1.58. The van der Waals surface area contributed by atoms with E-state index in [9.17, 15) is 19.2 Å². The molecule has 0 atom stereocenters. The Hall–Kier alpha value is -4.27. The number of nitrogens with one attached hydrogen (secondary N) is 3. The van der Waals surface area contributed by atoms with E-state index in [1.165, 1.54) is 18.3 Å². The molecule has 4 rings (SSSR count). The molecule has 29 heavy (non-hydrogen) atoms. The van der Waals surface area contributed by atoms with Crippen LogP contribution < -0.4 is 22.1 Å². The number of H-pyrrole nitrogens is 2. The van der Waals surface area contributed by atoms with Gasteiger partial charge in [0.05, 0.1) is 17.5 Å². The normalized spacial score (nSPS) is 10.8. The Morgan fingerprint density at radius 1 is 1.03 bits per heavy atom. The van der Waals surface area contributed by atoms with E-state index >= 15 is 0 Å². The van der Waals surface area contributed by atoms with Gasteiger partial charge in [0.2, 0.25) is 0 Å². The van der Waals surface area contributed by atoms with Crippen LogP contribution in [0.2, 0.25) is 0 Å². The lowest BCUT2D eigenvalue weighted by molar-refractivity contribution is 0.102. The molecule has 0 aliphatic carbocycles. The number of hydrogen-bond donors (Lipinski definition) is 3. The minimum atomic E-state index is -0.662. The zero-order valence-corrected chi connectivity index (χ0v) is 15.0. The second-order valence-corrected chi connectivity index (χ2v) is 6.35. The molecule has 0 saturated heterocycles. The van der Waals surface area contributed by atoms with Crippen molar-refractivity contribution in [2.75, 3.05) is 5.32 Å². The van der Waals surface area contributed by atoms with E-state index in [1.54, 1.807) is 35.0 Å². The molecule has 1 aromatic carbocycles. The molecular formula is C20H15N5O4. The Bertz CT molecular complexity index is 1380. The van der Waals surface area contributed by atoms with Gasteiger partial charge in [0, 0.05) is 24.1 Å². The lowest BCUT2D eigenvalue weighted by Crippen LogP contribution is -2.23. The molecule has 4 aromatic rings. The van der Waals surface area contributed by atoms with Gasteiger partial charge in [-0.05, 0) is 29.8 Å². The minimum Gasteiger partial charge on any atom is -0.322 e. The summed E-state index contributed by atoms with van der Waals surface area (Å²) in [6, 6.07) is 13.4. The van der Waals surface area contributed by atoms with Crippen molar-refractivity contribution >= 4 is 22.6 Å². The third-order valence-electron chi connectivity index (χ3n) is 4.32. The van der Waals surface area contributed by atoms with Crippen LogP contribution in [0.1, 0.15) is 15.9 Å². The van der Waals surface area contributed by atoms with Crippen molar-refractivity contribution in [1.82, 2.24) is 19.5 Å². The van der Waals surface area contributed by atoms with Gasteiger partial charge in [-0.3, -0.25) is 24.4 Å². The number of rotatable bonds is 4. The van der Waals surface area contributed by atoms with E-state index in [1.807, 2.05) is 12.1 Å². The van der Waals surface area contributed by atoms with Crippen molar-refractivity contribution in [3.05, 3.63) is 103 Å². The molecule has 0 aliphatic heterocycles. The molecule has 144 valence electrons. The first-order valence-corrected chi connectivity index (χ1v) is 8.68. The van der Waals surface area contributed by atoms with Crippen molar-refractivity contribution in [2.24, 2.45) is 0 Å². The monoisotopic (exact) mass is 389 g/mol. The number of anilines is 1. The molecule has 0 spiro atoms. The van der Waals surface area contributed by atoms with Crippen LogP contribution in [0.5, 0.6) is 0 Å². The highest BCUT2D eigenvalue weighted by Gasteiger charge is 2.10. The average molecular weight is 389 g/mol. The lowest BCUT2D eigenvalue weighted by atomic mass is 10.2. The smallest absolute Gasteiger partial charge is 0.322 e. The zero-order chi connectivity index (χ0) is 20.4. The van der Waals surface area contributed by atoms with Crippen LogP contribution in [-0.2, 0) is 6.54 Å². The molecule has 0 bridgehead atoms. The van der Waals surface area contributed by atoms with Crippen LogP contribution in [-0.4, -0.2) is 25.4 Å². The highest BCUT2D eigenvalue weighted by molar-refractivity contribution is 6.05. The van der Waals surface area contributed by atoms with Gasteiger partial charge in [-0.2, -0.15) is 0 Å². The Morgan fingerprint density at radius 2 is 1.83 bits per heavy atom. The molecule has 0 aliphatic rings. The lowest BCUT2D eigenvalue weighted by Gasteiger charge is -2.08. The highest BCUT2D eigenvalue weighted by Crippen LogP contribution is 2.13. The predicted molar refractivity (Wildman–Crippen MR) is 107 cm³/mol. The molecule has 3 aromatic heterocycles. The number of carbonyl (C=O) groups excluding carboxylic acids is 1. The van der Waals surface area contributed by atoms with E-state index in [4.69, 9.17) is 0 Å². The highest BCUT2D eigenvalue weighted by atomic mass is 16.2. The second kappa shape index (κ2) is 7.39. The molecule has 3 N–H and O–H groups in total. The van der Waals surface area contributed by atoms with E-state index < -0.39 is 17.2 Å². The third-order valence-corrected chi connectivity index (χ3v) is 4.32. The number of nitrogens with zero attached hydrogens (tertiary/aromatic N) is 2. The standard InChI is InChI=1S/C20H15N5O4/c26-16-3-1-2-8-25(16)11-12-4-6-14(7-5-12)22-18(27)13-9-15-17(21-10-13)23-20(29)24-19(15)28/h1-10H,11H2,(H,22,27)(H2,21,23,24,28,29). The fraction of sp³-hybridized carbons (Fsp3) is 0.0500. The van der Waals surface area contributed by atoms with Crippen molar-refractivity contribution in [2.45, 2.75) is 6.54 Å². The van der Waals surface area contributed by atoms with Gasteiger partial charge >= 0.3 is 5.69 Å². The van der Waals surface area contributed by atoms with Gasteiger partial charge in [-0.1, -0.05) is 18.2 Å². The van der Waals surface area contributed by atoms with Crippen LogP contribution in [0.4, 0.5) is 5.69 Å². The number of pyridine rings is 2. The molecule has 0 saturated carbocycles. The molecule has 1 amide bonds. The number of amides is 1. The Labute approximate surface area is 162 Å². The summed E-state index contributed by atoms with van der Waals surface area (Å²) >= 11 is 0. The summed E-state index contributed by atoms with van der Waals surface area (Å²) in [5.74, 6) is -0.447. The Balaban J connectivity index is 1.52. The SMILES string of the molecule is O=C(Nc1ccc(Cn2ccccc2=O)cc1)c1cnc2[nH]c(=O)[nH]c(=O)c2c1. The summed E-state index contributed by atoms with van der Waals surface area (Å²) in [6.07, 6.45) is 2.99. The predicted octanol–water partition coefficient (Wildman–Crippen LogP) is 1.07. The van der Waals surface area contributed by atoms with Gasteiger partial charge in [-0.15, -0.1) is 0 Å². The molecule has 0 unspecified atom stereocenters. The first kappa shape index (κ1) is 18.1.